The highest BCUT2D eigenvalue weighted by Gasteiger charge is 2.31. The Kier molecular flexibility index (Phi) is 5.45. The summed E-state index contributed by atoms with van der Waals surface area (Å²) >= 11 is 0. The summed E-state index contributed by atoms with van der Waals surface area (Å²) in [5.74, 6) is -0.893. The molecule has 4 heteroatoms. The van der Waals surface area contributed by atoms with E-state index >= 15 is 0 Å². The summed E-state index contributed by atoms with van der Waals surface area (Å²) < 4.78 is 0. The van der Waals surface area contributed by atoms with Gasteiger partial charge in [0.15, 0.2) is 0 Å². The average molecular weight is 241 g/mol. The number of hydrogen-bond acceptors (Lipinski definition) is 2. The third-order valence-electron chi connectivity index (χ3n) is 3.69. The van der Waals surface area contributed by atoms with Crippen LogP contribution in [0.15, 0.2) is 0 Å². The molecule has 0 saturated heterocycles. The summed E-state index contributed by atoms with van der Waals surface area (Å²) in [6.07, 6.45) is 5.71. The Morgan fingerprint density at radius 3 is 2.18 bits per heavy atom. The number of rotatable bonds is 6. The Morgan fingerprint density at radius 1 is 1.24 bits per heavy atom. The molecule has 0 heterocycles. The number of hydrogen-bond donors (Lipinski definition) is 1. The molecule has 0 bridgehead atoms. The zero-order valence-electron chi connectivity index (χ0n) is 10.8. The molecule has 17 heavy (non-hydrogen) atoms. The number of amides is 1. The van der Waals surface area contributed by atoms with Crippen LogP contribution in [0.3, 0.4) is 0 Å². The molecule has 0 unspecified atom stereocenters. The van der Waals surface area contributed by atoms with Gasteiger partial charge in [-0.25, -0.2) is 0 Å². The van der Waals surface area contributed by atoms with Crippen LogP contribution in [0.5, 0.6) is 0 Å². The van der Waals surface area contributed by atoms with Gasteiger partial charge in [0.1, 0.15) is 6.54 Å². The standard InChI is InChI=1S/C13H23NO3/c1-3-10(4-2)13(17)14(9-12(15)16)11-7-5-6-8-11/h10-11H,3-9H2,1-2H3,(H,15,16). The predicted molar refractivity (Wildman–Crippen MR) is 65.7 cm³/mol. The van der Waals surface area contributed by atoms with E-state index in [1.54, 1.807) is 4.90 Å². The number of nitrogens with zero attached hydrogens (tertiary/aromatic N) is 1. The number of carboxylic acid groups (broad SMARTS) is 1. The number of carboxylic acids is 1. The highest BCUT2D eigenvalue weighted by Crippen LogP contribution is 2.25. The van der Waals surface area contributed by atoms with E-state index in [4.69, 9.17) is 5.11 Å². The molecule has 0 spiro atoms. The van der Waals surface area contributed by atoms with Crippen molar-refractivity contribution in [2.45, 2.75) is 58.4 Å². The van der Waals surface area contributed by atoms with Crippen molar-refractivity contribution in [2.24, 2.45) is 5.92 Å². The molecule has 0 aliphatic heterocycles. The van der Waals surface area contributed by atoms with Crippen LogP contribution in [-0.4, -0.2) is 34.5 Å². The minimum Gasteiger partial charge on any atom is -0.480 e. The van der Waals surface area contributed by atoms with E-state index in [2.05, 4.69) is 0 Å². The van der Waals surface area contributed by atoms with Crippen molar-refractivity contribution >= 4 is 11.9 Å². The first-order valence-electron chi connectivity index (χ1n) is 6.62. The van der Waals surface area contributed by atoms with Gasteiger partial charge in [0.05, 0.1) is 0 Å². The lowest BCUT2D eigenvalue weighted by atomic mass is 10.0. The first-order valence-corrected chi connectivity index (χ1v) is 6.62. The van der Waals surface area contributed by atoms with E-state index in [1.807, 2.05) is 13.8 Å². The molecule has 0 atom stereocenters. The molecule has 0 aromatic rings. The average Bonchev–Trinajstić information content (AvgIpc) is 2.80. The van der Waals surface area contributed by atoms with E-state index < -0.39 is 5.97 Å². The van der Waals surface area contributed by atoms with Crippen molar-refractivity contribution in [1.29, 1.82) is 0 Å². The van der Waals surface area contributed by atoms with Crippen molar-refractivity contribution < 1.29 is 14.7 Å². The molecule has 0 aromatic carbocycles. The maximum Gasteiger partial charge on any atom is 0.323 e. The quantitative estimate of drug-likeness (QED) is 0.776. The van der Waals surface area contributed by atoms with Gasteiger partial charge in [0, 0.05) is 12.0 Å². The highest BCUT2D eigenvalue weighted by molar-refractivity contribution is 5.83. The third-order valence-corrected chi connectivity index (χ3v) is 3.69. The van der Waals surface area contributed by atoms with E-state index in [-0.39, 0.29) is 24.4 Å². The molecule has 4 nitrogen and oxygen atoms in total. The Morgan fingerprint density at radius 2 is 1.76 bits per heavy atom. The first-order chi connectivity index (χ1) is 8.10. The van der Waals surface area contributed by atoms with Crippen LogP contribution in [-0.2, 0) is 9.59 Å². The molecule has 1 saturated carbocycles. The molecule has 1 aliphatic rings. The SMILES string of the molecule is CCC(CC)C(=O)N(CC(=O)O)C1CCCC1. The molecule has 0 aromatic heterocycles. The lowest BCUT2D eigenvalue weighted by Gasteiger charge is -2.30. The molecule has 1 aliphatic carbocycles. The normalized spacial score (nSPS) is 16.4. The van der Waals surface area contributed by atoms with Gasteiger partial charge in [-0.3, -0.25) is 9.59 Å². The van der Waals surface area contributed by atoms with Gasteiger partial charge >= 0.3 is 5.97 Å². The van der Waals surface area contributed by atoms with E-state index in [0.29, 0.717) is 0 Å². The van der Waals surface area contributed by atoms with Gasteiger partial charge in [0.25, 0.3) is 0 Å². The van der Waals surface area contributed by atoms with Gasteiger partial charge in [-0.05, 0) is 25.7 Å². The van der Waals surface area contributed by atoms with Crippen LogP contribution in [0, 0.1) is 5.92 Å². The van der Waals surface area contributed by atoms with E-state index in [0.717, 1.165) is 38.5 Å². The van der Waals surface area contributed by atoms with Crippen molar-refractivity contribution in [3.8, 4) is 0 Å². The van der Waals surface area contributed by atoms with Gasteiger partial charge in [-0.2, -0.15) is 0 Å². The predicted octanol–water partition coefficient (Wildman–Crippen LogP) is 2.28. The lowest BCUT2D eigenvalue weighted by Crippen LogP contribution is -2.45. The number of carbonyl (C=O) groups excluding carboxylic acids is 1. The Balaban J connectivity index is 2.73. The molecule has 1 amide bonds. The summed E-state index contributed by atoms with van der Waals surface area (Å²) in [5, 5.41) is 8.93. The maximum atomic E-state index is 12.3. The Labute approximate surface area is 103 Å². The molecule has 0 radical (unpaired) electrons. The summed E-state index contributed by atoms with van der Waals surface area (Å²) in [6, 6.07) is 0.152. The zero-order valence-corrected chi connectivity index (χ0v) is 10.8. The van der Waals surface area contributed by atoms with Crippen molar-refractivity contribution in [3.63, 3.8) is 0 Å². The second-order valence-corrected chi connectivity index (χ2v) is 4.81. The summed E-state index contributed by atoms with van der Waals surface area (Å²) in [5.41, 5.74) is 0. The monoisotopic (exact) mass is 241 g/mol. The second-order valence-electron chi connectivity index (χ2n) is 4.81. The van der Waals surface area contributed by atoms with Crippen LogP contribution in [0.2, 0.25) is 0 Å². The summed E-state index contributed by atoms with van der Waals surface area (Å²) in [7, 11) is 0. The molecule has 1 N–H and O–H groups in total. The molecular formula is C13H23NO3. The van der Waals surface area contributed by atoms with Gasteiger partial charge in [0.2, 0.25) is 5.91 Å². The number of carbonyl (C=O) groups is 2. The number of aliphatic carboxylic acids is 1. The summed E-state index contributed by atoms with van der Waals surface area (Å²) in [4.78, 5) is 24.8. The van der Waals surface area contributed by atoms with Crippen LogP contribution in [0.1, 0.15) is 52.4 Å². The fraction of sp³-hybridized carbons (Fsp3) is 0.846. The largest absolute Gasteiger partial charge is 0.480 e. The topological polar surface area (TPSA) is 57.6 Å². The highest BCUT2D eigenvalue weighted by atomic mass is 16.4. The second kappa shape index (κ2) is 6.62. The Bertz CT molecular complexity index is 268. The molecule has 1 fully saturated rings. The smallest absolute Gasteiger partial charge is 0.323 e. The summed E-state index contributed by atoms with van der Waals surface area (Å²) in [6.45, 7) is 3.83. The van der Waals surface area contributed by atoms with Crippen LogP contribution < -0.4 is 0 Å². The van der Waals surface area contributed by atoms with Crippen LogP contribution in [0.25, 0.3) is 0 Å². The van der Waals surface area contributed by atoms with E-state index in [9.17, 15) is 9.59 Å². The van der Waals surface area contributed by atoms with Crippen molar-refractivity contribution in [2.75, 3.05) is 6.54 Å². The van der Waals surface area contributed by atoms with Crippen molar-refractivity contribution in [3.05, 3.63) is 0 Å². The van der Waals surface area contributed by atoms with Gasteiger partial charge < -0.3 is 10.0 Å². The molecule has 98 valence electrons. The van der Waals surface area contributed by atoms with Crippen molar-refractivity contribution in [1.82, 2.24) is 4.90 Å². The minimum atomic E-state index is -0.906. The molecule has 1 rings (SSSR count). The zero-order chi connectivity index (χ0) is 12.8. The van der Waals surface area contributed by atoms with Gasteiger partial charge in [-0.15, -0.1) is 0 Å². The maximum absolute atomic E-state index is 12.3. The fourth-order valence-electron chi connectivity index (χ4n) is 2.62. The minimum absolute atomic E-state index is 0.0186. The Hall–Kier alpha value is -1.06. The van der Waals surface area contributed by atoms with Crippen LogP contribution >= 0.6 is 0 Å². The molecular weight excluding hydrogens is 218 g/mol. The fourth-order valence-corrected chi connectivity index (χ4v) is 2.62. The van der Waals surface area contributed by atoms with E-state index in [1.165, 1.54) is 0 Å². The van der Waals surface area contributed by atoms with Crippen LogP contribution in [0.4, 0.5) is 0 Å². The van der Waals surface area contributed by atoms with Gasteiger partial charge in [-0.1, -0.05) is 26.7 Å². The third kappa shape index (κ3) is 3.72. The lowest BCUT2D eigenvalue weighted by molar-refractivity contribution is -0.148. The first kappa shape index (κ1) is 14.0.